The molecule has 0 bridgehead atoms. The first-order valence-electron chi connectivity index (χ1n) is 6.17. The molecule has 0 saturated heterocycles. The van der Waals surface area contributed by atoms with E-state index in [4.69, 9.17) is 14.6 Å². The van der Waals surface area contributed by atoms with Gasteiger partial charge in [-0.3, -0.25) is 0 Å². The first kappa shape index (κ1) is 12.8. The maximum absolute atomic E-state index is 9.05. The Balaban J connectivity index is 1.78. The van der Waals surface area contributed by atoms with Gasteiger partial charge in [-0.2, -0.15) is 0 Å². The number of benzene rings is 1. The molecule has 1 aromatic rings. The van der Waals surface area contributed by atoms with Gasteiger partial charge in [0.25, 0.3) is 0 Å². The fraction of sp³-hybridized carbons (Fsp3) is 0.467. The summed E-state index contributed by atoms with van der Waals surface area (Å²) in [5.74, 6) is 7.89. The Morgan fingerprint density at radius 1 is 1.22 bits per heavy atom. The summed E-state index contributed by atoms with van der Waals surface area (Å²) >= 11 is 0. The molecule has 1 saturated carbocycles. The lowest BCUT2D eigenvalue weighted by atomic mass is 9.82. The summed E-state index contributed by atoms with van der Waals surface area (Å²) in [5, 5.41) is 9.05. The maximum Gasteiger partial charge on any atom is 0.119 e. The van der Waals surface area contributed by atoms with E-state index >= 15 is 0 Å². The highest BCUT2D eigenvalue weighted by Gasteiger charge is 2.29. The zero-order chi connectivity index (χ0) is 13.0. The van der Waals surface area contributed by atoms with Crippen molar-refractivity contribution in [1.29, 1.82) is 0 Å². The second-order valence-electron chi connectivity index (χ2n) is 4.55. The lowest BCUT2D eigenvalue weighted by Gasteiger charge is -2.32. The molecule has 1 unspecified atom stereocenters. The zero-order valence-corrected chi connectivity index (χ0v) is 10.7. The summed E-state index contributed by atoms with van der Waals surface area (Å²) in [6, 6.07) is 7.60. The molecule has 0 radical (unpaired) electrons. The predicted octanol–water partition coefficient (Wildman–Crippen LogP) is 2.24. The minimum Gasteiger partial charge on any atom is -0.497 e. The van der Waals surface area contributed by atoms with Gasteiger partial charge in [0, 0.05) is 5.92 Å². The number of aliphatic hydroxyl groups is 1. The molecule has 1 N–H and O–H groups in total. The molecule has 1 atom stereocenters. The van der Waals surface area contributed by atoms with Crippen molar-refractivity contribution in [3.63, 3.8) is 0 Å². The van der Waals surface area contributed by atoms with Gasteiger partial charge in [-0.1, -0.05) is 11.8 Å². The van der Waals surface area contributed by atoms with Crippen LogP contribution in [0.4, 0.5) is 0 Å². The molecule has 0 spiro atoms. The van der Waals surface area contributed by atoms with Crippen LogP contribution < -0.4 is 9.47 Å². The average Bonchev–Trinajstić information content (AvgIpc) is 2.32. The van der Waals surface area contributed by atoms with E-state index in [1.54, 1.807) is 14.0 Å². The van der Waals surface area contributed by atoms with Crippen LogP contribution in [0, 0.1) is 17.8 Å². The molecule has 2 rings (SSSR count). The van der Waals surface area contributed by atoms with Crippen LogP contribution in [0.1, 0.15) is 19.8 Å². The normalized spacial score (nSPS) is 23.3. The molecule has 3 heteroatoms. The van der Waals surface area contributed by atoms with Crippen molar-refractivity contribution in [3.05, 3.63) is 24.3 Å². The van der Waals surface area contributed by atoms with Crippen LogP contribution in [-0.4, -0.2) is 24.4 Å². The molecule has 0 aliphatic heterocycles. The summed E-state index contributed by atoms with van der Waals surface area (Å²) in [7, 11) is 1.65. The van der Waals surface area contributed by atoms with Crippen LogP contribution in [0.25, 0.3) is 0 Å². The van der Waals surface area contributed by atoms with Gasteiger partial charge >= 0.3 is 0 Å². The van der Waals surface area contributed by atoms with Gasteiger partial charge in [0.1, 0.15) is 23.7 Å². The summed E-state index contributed by atoms with van der Waals surface area (Å²) in [6.45, 7) is 1.68. The Morgan fingerprint density at radius 2 is 1.83 bits per heavy atom. The third-order valence-electron chi connectivity index (χ3n) is 2.95. The molecule has 0 heterocycles. The van der Waals surface area contributed by atoms with Gasteiger partial charge in [-0.25, -0.2) is 0 Å². The van der Waals surface area contributed by atoms with E-state index in [1.165, 1.54) is 0 Å². The number of hydrogen-bond acceptors (Lipinski definition) is 3. The summed E-state index contributed by atoms with van der Waals surface area (Å²) in [4.78, 5) is 0. The SMILES string of the molecule is COc1ccc(O[C@H]2C[C@H](C#CC(C)O)C2)cc1. The standard InChI is InChI=1S/C15H18O3/c1-11(16)3-4-12-9-15(10-12)18-14-7-5-13(17-2)6-8-14/h5-8,11-12,15-16H,9-10H2,1-2H3/t11?,12-,15-. The van der Waals surface area contributed by atoms with Gasteiger partial charge < -0.3 is 14.6 Å². The molecule has 0 amide bonds. The van der Waals surface area contributed by atoms with E-state index in [-0.39, 0.29) is 6.10 Å². The number of aliphatic hydroxyl groups excluding tert-OH is 1. The van der Waals surface area contributed by atoms with Crippen molar-refractivity contribution in [2.75, 3.05) is 7.11 Å². The molecule has 1 fully saturated rings. The Labute approximate surface area is 108 Å². The van der Waals surface area contributed by atoms with E-state index in [0.29, 0.717) is 5.92 Å². The topological polar surface area (TPSA) is 38.7 Å². The lowest BCUT2D eigenvalue weighted by molar-refractivity contribution is 0.0899. The van der Waals surface area contributed by atoms with Crippen molar-refractivity contribution in [3.8, 4) is 23.3 Å². The van der Waals surface area contributed by atoms with E-state index in [2.05, 4.69) is 11.8 Å². The quantitative estimate of drug-likeness (QED) is 0.831. The number of hydrogen-bond donors (Lipinski definition) is 1. The van der Waals surface area contributed by atoms with Crippen LogP contribution in [0.3, 0.4) is 0 Å². The molecule has 1 aromatic carbocycles. The summed E-state index contributed by atoms with van der Waals surface area (Å²) in [6.07, 6.45) is 1.58. The van der Waals surface area contributed by atoms with Crippen molar-refractivity contribution >= 4 is 0 Å². The highest BCUT2D eigenvalue weighted by Crippen LogP contribution is 2.31. The molecule has 18 heavy (non-hydrogen) atoms. The Bertz CT molecular complexity index is 433. The first-order chi connectivity index (χ1) is 8.67. The molecule has 1 aliphatic carbocycles. The van der Waals surface area contributed by atoms with E-state index in [1.807, 2.05) is 24.3 Å². The smallest absolute Gasteiger partial charge is 0.119 e. The van der Waals surface area contributed by atoms with Crippen LogP contribution in [0.15, 0.2) is 24.3 Å². The second kappa shape index (κ2) is 5.79. The first-order valence-corrected chi connectivity index (χ1v) is 6.17. The lowest BCUT2D eigenvalue weighted by Crippen LogP contribution is -2.33. The van der Waals surface area contributed by atoms with Crippen LogP contribution >= 0.6 is 0 Å². The Kier molecular flexibility index (Phi) is 4.11. The second-order valence-corrected chi connectivity index (χ2v) is 4.55. The minimum absolute atomic E-state index is 0.242. The molecule has 1 aliphatic rings. The summed E-state index contributed by atoms with van der Waals surface area (Å²) < 4.78 is 10.9. The van der Waals surface area contributed by atoms with Crippen molar-refractivity contribution in [1.82, 2.24) is 0 Å². The molecule has 3 nitrogen and oxygen atoms in total. The number of rotatable bonds is 3. The van der Waals surface area contributed by atoms with Crippen LogP contribution in [-0.2, 0) is 0 Å². The monoisotopic (exact) mass is 246 g/mol. The third kappa shape index (κ3) is 3.41. The minimum atomic E-state index is -0.536. The Morgan fingerprint density at radius 3 is 2.39 bits per heavy atom. The van der Waals surface area contributed by atoms with Gasteiger partial charge in [0.05, 0.1) is 7.11 Å². The van der Waals surface area contributed by atoms with Crippen molar-refractivity contribution < 1.29 is 14.6 Å². The van der Waals surface area contributed by atoms with Gasteiger partial charge in [0.15, 0.2) is 0 Å². The molecule has 0 aromatic heterocycles. The molecule has 96 valence electrons. The van der Waals surface area contributed by atoms with Crippen LogP contribution in [0.2, 0.25) is 0 Å². The van der Waals surface area contributed by atoms with Crippen molar-refractivity contribution in [2.24, 2.45) is 5.92 Å². The van der Waals surface area contributed by atoms with E-state index < -0.39 is 6.10 Å². The van der Waals surface area contributed by atoms with Gasteiger partial charge in [-0.15, -0.1) is 0 Å². The number of ether oxygens (including phenoxy) is 2. The van der Waals surface area contributed by atoms with Crippen molar-refractivity contribution in [2.45, 2.75) is 32.0 Å². The number of methoxy groups -OCH3 is 1. The fourth-order valence-electron chi connectivity index (χ4n) is 1.86. The van der Waals surface area contributed by atoms with Gasteiger partial charge in [-0.05, 0) is 44.0 Å². The predicted molar refractivity (Wildman–Crippen MR) is 69.6 cm³/mol. The average molecular weight is 246 g/mol. The molecular weight excluding hydrogens is 228 g/mol. The van der Waals surface area contributed by atoms with E-state index in [9.17, 15) is 0 Å². The fourth-order valence-corrected chi connectivity index (χ4v) is 1.86. The van der Waals surface area contributed by atoms with Crippen LogP contribution in [0.5, 0.6) is 11.5 Å². The van der Waals surface area contributed by atoms with E-state index in [0.717, 1.165) is 24.3 Å². The highest BCUT2D eigenvalue weighted by atomic mass is 16.5. The van der Waals surface area contributed by atoms with Gasteiger partial charge in [0.2, 0.25) is 0 Å². The summed E-state index contributed by atoms with van der Waals surface area (Å²) in [5.41, 5.74) is 0. The zero-order valence-electron chi connectivity index (χ0n) is 10.7. The Hall–Kier alpha value is -1.66. The largest absolute Gasteiger partial charge is 0.497 e. The highest BCUT2D eigenvalue weighted by molar-refractivity contribution is 5.31. The third-order valence-corrected chi connectivity index (χ3v) is 2.95. The molecular formula is C15H18O3. The maximum atomic E-state index is 9.05.